The third-order valence-electron chi connectivity index (χ3n) is 4.71. The Balaban J connectivity index is 1.56. The van der Waals surface area contributed by atoms with Crippen LogP contribution in [0.3, 0.4) is 0 Å². The molecule has 0 spiro atoms. The lowest BCUT2D eigenvalue weighted by molar-refractivity contribution is 0.442. The monoisotopic (exact) mass is 341 g/mol. The molecule has 2 aromatic heterocycles. The normalized spacial score (nSPS) is 17.9. The lowest BCUT2D eigenvalue weighted by atomic mass is 10.0. The standard InChI is InChI=1S/C18H20FN5O/c1-11-8-13(19)5-6-15(11)24-7-3-4-14(9-24)22-17-16-12(2)23-25-18(16)21-10-20-17/h5-6,8,10,14H,3-4,7,9H2,1-2H3,(H,20,21,22). The van der Waals surface area contributed by atoms with E-state index >= 15 is 0 Å². The van der Waals surface area contributed by atoms with Gasteiger partial charge >= 0.3 is 0 Å². The lowest BCUT2D eigenvalue weighted by Gasteiger charge is -2.35. The van der Waals surface area contributed by atoms with E-state index < -0.39 is 0 Å². The minimum Gasteiger partial charge on any atom is -0.369 e. The molecule has 3 aromatic rings. The Labute approximate surface area is 145 Å². The van der Waals surface area contributed by atoms with Crippen molar-refractivity contribution in [2.45, 2.75) is 32.7 Å². The number of piperidine rings is 1. The van der Waals surface area contributed by atoms with Crippen LogP contribution in [0.15, 0.2) is 29.0 Å². The summed E-state index contributed by atoms with van der Waals surface area (Å²) >= 11 is 0. The van der Waals surface area contributed by atoms with Crippen molar-refractivity contribution in [2.75, 3.05) is 23.3 Å². The lowest BCUT2D eigenvalue weighted by Crippen LogP contribution is -2.42. The molecule has 4 rings (SSSR count). The summed E-state index contributed by atoms with van der Waals surface area (Å²) in [5.41, 5.74) is 3.32. The largest absolute Gasteiger partial charge is 0.369 e. The van der Waals surface area contributed by atoms with Crippen LogP contribution in [0.1, 0.15) is 24.1 Å². The highest BCUT2D eigenvalue weighted by molar-refractivity contribution is 5.87. The maximum atomic E-state index is 13.4. The van der Waals surface area contributed by atoms with Gasteiger partial charge in [0.15, 0.2) is 0 Å². The van der Waals surface area contributed by atoms with Gasteiger partial charge in [0.2, 0.25) is 0 Å². The zero-order valence-corrected chi connectivity index (χ0v) is 14.3. The van der Waals surface area contributed by atoms with Crippen LogP contribution < -0.4 is 10.2 Å². The zero-order chi connectivity index (χ0) is 17.4. The molecule has 1 saturated heterocycles. The summed E-state index contributed by atoms with van der Waals surface area (Å²) < 4.78 is 18.6. The molecule has 1 atom stereocenters. The number of benzene rings is 1. The van der Waals surface area contributed by atoms with Gasteiger partial charge in [0.05, 0.1) is 5.69 Å². The van der Waals surface area contributed by atoms with Crippen molar-refractivity contribution in [1.29, 1.82) is 0 Å². The van der Waals surface area contributed by atoms with E-state index in [1.807, 2.05) is 19.9 Å². The molecule has 130 valence electrons. The number of fused-ring (bicyclic) bond motifs is 1. The molecule has 6 nitrogen and oxygen atoms in total. The van der Waals surface area contributed by atoms with Crippen molar-refractivity contribution in [3.63, 3.8) is 0 Å². The number of nitrogens with one attached hydrogen (secondary N) is 1. The Bertz CT molecular complexity index is 910. The number of anilines is 2. The zero-order valence-electron chi connectivity index (χ0n) is 14.3. The fourth-order valence-electron chi connectivity index (χ4n) is 3.51. The molecule has 1 aliphatic heterocycles. The van der Waals surface area contributed by atoms with Crippen molar-refractivity contribution < 1.29 is 8.91 Å². The predicted molar refractivity (Wildman–Crippen MR) is 94.3 cm³/mol. The van der Waals surface area contributed by atoms with Crippen molar-refractivity contribution in [1.82, 2.24) is 15.1 Å². The second-order valence-electron chi connectivity index (χ2n) is 6.53. The minimum atomic E-state index is -0.195. The van der Waals surface area contributed by atoms with Gasteiger partial charge in [-0.2, -0.15) is 4.98 Å². The third kappa shape index (κ3) is 3.01. The molecular formula is C18H20FN5O. The molecule has 1 aliphatic rings. The van der Waals surface area contributed by atoms with Gasteiger partial charge < -0.3 is 14.7 Å². The van der Waals surface area contributed by atoms with Crippen LogP contribution in [-0.4, -0.2) is 34.3 Å². The quantitative estimate of drug-likeness (QED) is 0.787. The molecule has 25 heavy (non-hydrogen) atoms. The summed E-state index contributed by atoms with van der Waals surface area (Å²) in [6.45, 7) is 5.64. The Morgan fingerprint density at radius 1 is 1.28 bits per heavy atom. The van der Waals surface area contributed by atoms with Crippen molar-refractivity contribution >= 4 is 22.6 Å². The van der Waals surface area contributed by atoms with Gasteiger partial charge in [0.25, 0.3) is 5.71 Å². The topological polar surface area (TPSA) is 67.1 Å². The minimum absolute atomic E-state index is 0.195. The summed E-state index contributed by atoms with van der Waals surface area (Å²) in [6, 6.07) is 5.21. The highest BCUT2D eigenvalue weighted by Crippen LogP contribution is 2.27. The molecule has 1 N–H and O–H groups in total. The summed E-state index contributed by atoms with van der Waals surface area (Å²) in [5.74, 6) is 0.561. The van der Waals surface area contributed by atoms with Crippen LogP contribution in [-0.2, 0) is 0 Å². The van der Waals surface area contributed by atoms with E-state index in [1.54, 1.807) is 6.07 Å². The highest BCUT2D eigenvalue weighted by atomic mass is 19.1. The summed E-state index contributed by atoms with van der Waals surface area (Å²) in [5, 5.41) is 8.31. The number of halogens is 1. The number of nitrogens with zero attached hydrogens (tertiary/aromatic N) is 4. The van der Waals surface area contributed by atoms with E-state index in [4.69, 9.17) is 4.52 Å². The molecule has 0 aliphatic carbocycles. The van der Waals surface area contributed by atoms with E-state index in [0.717, 1.165) is 54.1 Å². The number of aromatic nitrogens is 3. The van der Waals surface area contributed by atoms with E-state index in [2.05, 4.69) is 25.3 Å². The van der Waals surface area contributed by atoms with Gasteiger partial charge in [-0.15, -0.1) is 0 Å². The fourth-order valence-corrected chi connectivity index (χ4v) is 3.51. The molecule has 1 fully saturated rings. The number of hydrogen-bond acceptors (Lipinski definition) is 6. The summed E-state index contributed by atoms with van der Waals surface area (Å²) in [6.07, 6.45) is 3.60. The van der Waals surface area contributed by atoms with Gasteiger partial charge in [-0.1, -0.05) is 5.16 Å². The van der Waals surface area contributed by atoms with E-state index in [-0.39, 0.29) is 11.9 Å². The van der Waals surface area contributed by atoms with Crippen molar-refractivity contribution in [3.05, 3.63) is 41.6 Å². The maximum absolute atomic E-state index is 13.4. The van der Waals surface area contributed by atoms with E-state index in [1.165, 1.54) is 12.4 Å². The molecular weight excluding hydrogens is 321 g/mol. The van der Waals surface area contributed by atoms with E-state index in [9.17, 15) is 4.39 Å². The van der Waals surface area contributed by atoms with Crippen LogP contribution in [0, 0.1) is 19.7 Å². The predicted octanol–water partition coefficient (Wildman–Crippen LogP) is 3.45. The van der Waals surface area contributed by atoms with Gasteiger partial charge in [-0.25, -0.2) is 9.37 Å². The summed E-state index contributed by atoms with van der Waals surface area (Å²) in [7, 11) is 0. The second kappa shape index (κ2) is 6.31. The number of aryl methyl sites for hydroxylation is 2. The molecule has 3 heterocycles. The molecule has 0 saturated carbocycles. The molecule has 1 unspecified atom stereocenters. The summed E-state index contributed by atoms with van der Waals surface area (Å²) in [4.78, 5) is 10.8. The van der Waals surface area contributed by atoms with Gasteiger partial charge in [-0.05, 0) is 50.5 Å². The SMILES string of the molecule is Cc1cc(F)ccc1N1CCCC(Nc2ncnc3onc(C)c23)C1. The molecule has 0 amide bonds. The molecule has 0 bridgehead atoms. The first-order valence-electron chi connectivity index (χ1n) is 8.46. The number of hydrogen-bond donors (Lipinski definition) is 1. The third-order valence-corrected chi connectivity index (χ3v) is 4.71. The van der Waals surface area contributed by atoms with E-state index in [0.29, 0.717) is 5.71 Å². The van der Waals surface area contributed by atoms with Crippen molar-refractivity contribution in [2.24, 2.45) is 0 Å². The molecule has 1 aromatic carbocycles. The van der Waals surface area contributed by atoms with Crippen LogP contribution in [0.4, 0.5) is 15.9 Å². The molecule has 7 heteroatoms. The Morgan fingerprint density at radius 3 is 3.00 bits per heavy atom. The van der Waals surface area contributed by atoms with Gasteiger partial charge in [-0.3, -0.25) is 0 Å². The van der Waals surface area contributed by atoms with Crippen LogP contribution in [0.5, 0.6) is 0 Å². The van der Waals surface area contributed by atoms with Gasteiger partial charge in [0.1, 0.15) is 23.3 Å². The van der Waals surface area contributed by atoms with Crippen LogP contribution >= 0.6 is 0 Å². The van der Waals surface area contributed by atoms with Crippen molar-refractivity contribution in [3.8, 4) is 0 Å². The Morgan fingerprint density at radius 2 is 2.16 bits per heavy atom. The Kier molecular flexibility index (Phi) is 3.99. The maximum Gasteiger partial charge on any atom is 0.263 e. The number of rotatable bonds is 3. The smallest absolute Gasteiger partial charge is 0.263 e. The first-order valence-corrected chi connectivity index (χ1v) is 8.46. The Hall–Kier alpha value is -2.70. The van der Waals surface area contributed by atoms with Crippen LogP contribution in [0.2, 0.25) is 0 Å². The second-order valence-corrected chi connectivity index (χ2v) is 6.53. The first-order chi connectivity index (χ1) is 12.1. The van der Waals surface area contributed by atoms with Gasteiger partial charge in [0, 0.05) is 24.8 Å². The average Bonchev–Trinajstić information content (AvgIpc) is 2.97. The average molecular weight is 341 g/mol. The first kappa shape index (κ1) is 15.8. The highest BCUT2D eigenvalue weighted by Gasteiger charge is 2.23. The van der Waals surface area contributed by atoms with Crippen LogP contribution in [0.25, 0.3) is 11.1 Å². The molecule has 0 radical (unpaired) electrons. The fraction of sp³-hybridized carbons (Fsp3) is 0.389.